The highest BCUT2D eigenvalue weighted by atomic mass is 16.5. The van der Waals surface area contributed by atoms with E-state index in [2.05, 4.69) is 10.6 Å². The average molecular weight is 296 g/mol. The lowest BCUT2D eigenvalue weighted by atomic mass is 10.3. The Labute approximate surface area is 123 Å². The molecule has 0 saturated carbocycles. The van der Waals surface area contributed by atoms with Crippen molar-refractivity contribution in [3.05, 3.63) is 24.3 Å². The van der Waals surface area contributed by atoms with Gasteiger partial charge in [-0.1, -0.05) is 0 Å². The van der Waals surface area contributed by atoms with Crippen molar-refractivity contribution in [2.24, 2.45) is 0 Å². The molecule has 0 aliphatic heterocycles. The van der Waals surface area contributed by atoms with Crippen molar-refractivity contribution in [3.8, 4) is 11.5 Å². The van der Waals surface area contributed by atoms with Gasteiger partial charge in [0.1, 0.15) is 11.5 Å². The van der Waals surface area contributed by atoms with Crippen molar-refractivity contribution in [3.63, 3.8) is 0 Å². The van der Waals surface area contributed by atoms with Gasteiger partial charge in [-0.3, -0.25) is 9.59 Å². The summed E-state index contributed by atoms with van der Waals surface area (Å²) in [4.78, 5) is 22.8. The largest absolute Gasteiger partial charge is 0.497 e. The molecule has 0 spiro atoms. The molecule has 21 heavy (non-hydrogen) atoms. The molecule has 0 bridgehead atoms. The van der Waals surface area contributed by atoms with Crippen LogP contribution >= 0.6 is 0 Å². The molecule has 1 rings (SSSR count). The van der Waals surface area contributed by atoms with E-state index in [1.165, 1.54) is 0 Å². The van der Waals surface area contributed by atoms with Crippen LogP contribution in [0, 0.1) is 0 Å². The zero-order valence-electron chi connectivity index (χ0n) is 12.2. The number of carbonyl (C=O) groups is 2. The van der Waals surface area contributed by atoms with Crippen molar-refractivity contribution in [1.29, 1.82) is 0 Å². The van der Waals surface area contributed by atoms with Gasteiger partial charge in [-0.2, -0.15) is 0 Å². The predicted molar refractivity (Wildman–Crippen MR) is 76.4 cm³/mol. The molecule has 0 aliphatic carbocycles. The summed E-state index contributed by atoms with van der Waals surface area (Å²) in [7, 11) is 3.12. The first-order valence-corrected chi connectivity index (χ1v) is 6.45. The average Bonchev–Trinajstić information content (AvgIpc) is 2.51. The van der Waals surface area contributed by atoms with E-state index in [1.54, 1.807) is 38.5 Å². The van der Waals surface area contributed by atoms with Gasteiger partial charge in [0.05, 0.1) is 20.3 Å². The molecule has 7 nitrogen and oxygen atoms in total. The highest BCUT2D eigenvalue weighted by Crippen LogP contribution is 2.16. The van der Waals surface area contributed by atoms with Crippen LogP contribution in [0.4, 0.5) is 0 Å². The number of benzene rings is 1. The van der Waals surface area contributed by atoms with Gasteiger partial charge in [0.25, 0.3) is 5.91 Å². The molecule has 7 heteroatoms. The lowest BCUT2D eigenvalue weighted by molar-refractivity contribution is -0.127. The molecule has 0 atom stereocenters. The standard InChI is InChI=1S/C14H20N2O5/c1-19-8-7-15-13(17)9-16-14(18)10-21-12-5-3-11(20-2)4-6-12/h3-6H,7-10H2,1-2H3,(H,15,17)(H,16,18). The quantitative estimate of drug-likeness (QED) is 0.624. The van der Waals surface area contributed by atoms with Crippen molar-refractivity contribution >= 4 is 11.8 Å². The molecular weight excluding hydrogens is 276 g/mol. The number of carbonyl (C=O) groups excluding carboxylic acids is 2. The number of ether oxygens (including phenoxy) is 3. The first-order valence-electron chi connectivity index (χ1n) is 6.45. The SMILES string of the molecule is COCCNC(=O)CNC(=O)COc1ccc(OC)cc1. The van der Waals surface area contributed by atoms with Crippen LogP contribution in [0.15, 0.2) is 24.3 Å². The molecule has 0 aliphatic rings. The van der Waals surface area contributed by atoms with Gasteiger partial charge in [-0.15, -0.1) is 0 Å². The third-order valence-electron chi connectivity index (χ3n) is 2.50. The van der Waals surface area contributed by atoms with Gasteiger partial charge in [0.15, 0.2) is 6.61 Å². The number of nitrogens with one attached hydrogen (secondary N) is 2. The third-order valence-corrected chi connectivity index (χ3v) is 2.50. The Kier molecular flexibility index (Phi) is 7.67. The van der Waals surface area contributed by atoms with Crippen LogP contribution in [-0.2, 0) is 14.3 Å². The summed E-state index contributed by atoms with van der Waals surface area (Å²) in [5.41, 5.74) is 0. The van der Waals surface area contributed by atoms with Crippen molar-refractivity contribution in [2.45, 2.75) is 0 Å². The molecule has 1 aromatic carbocycles. The first-order chi connectivity index (χ1) is 10.2. The Bertz CT molecular complexity index is 447. The van der Waals surface area contributed by atoms with Gasteiger partial charge in [0, 0.05) is 13.7 Å². The van der Waals surface area contributed by atoms with Crippen molar-refractivity contribution in [2.75, 3.05) is 40.5 Å². The van der Waals surface area contributed by atoms with E-state index in [-0.39, 0.29) is 25.0 Å². The molecule has 0 saturated heterocycles. The van der Waals surface area contributed by atoms with Gasteiger partial charge in [-0.25, -0.2) is 0 Å². The monoisotopic (exact) mass is 296 g/mol. The number of hydrogen-bond donors (Lipinski definition) is 2. The normalized spacial score (nSPS) is 9.81. The molecule has 0 fully saturated rings. The molecule has 2 amide bonds. The number of amides is 2. The highest BCUT2D eigenvalue weighted by molar-refractivity contribution is 5.85. The zero-order chi connectivity index (χ0) is 15.5. The maximum absolute atomic E-state index is 11.5. The fourth-order valence-corrected chi connectivity index (χ4v) is 1.41. The molecular formula is C14H20N2O5. The van der Waals surface area contributed by atoms with E-state index in [1.807, 2.05) is 0 Å². The minimum atomic E-state index is -0.368. The van der Waals surface area contributed by atoms with E-state index >= 15 is 0 Å². The first kappa shape index (κ1) is 16.8. The number of hydrogen-bond acceptors (Lipinski definition) is 5. The predicted octanol–water partition coefficient (Wildman–Crippen LogP) is -0.0472. The molecule has 0 radical (unpaired) electrons. The summed E-state index contributed by atoms with van der Waals surface area (Å²) < 4.78 is 15.1. The number of methoxy groups -OCH3 is 2. The lowest BCUT2D eigenvalue weighted by Gasteiger charge is -2.08. The summed E-state index contributed by atoms with van der Waals surface area (Å²) in [5, 5.41) is 5.05. The molecule has 0 aromatic heterocycles. The van der Waals surface area contributed by atoms with E-state index in [4.69, 9.17) is 14.2 Å². The second kappa shape index (κ2) is 9.60. The van der Waals surface area contributed by atoms with Crippen LogP contribution in [0.25, 0.3) is 0 Å². The van der Waals surface area contributed by atoms with Gasteiger partial charge in [0.2, 0.25) is 5.91 Å². The summed E-state index contributed by atoms with van der Waals surface area (Å²) in [6.45, 7) is 0.597. The molecule has 2 N–H and O–H groups in total. The minimum absolute atomic E-state index is 0.0888. The maximum Gasteiger partial charge on any atom is 0.258 e. The second-order valence-corrected chi connectivity index (χ2v) is 4.08. The Balaban J connectivity index is 2.19. The summed E-state index contributed by atoms with van der Waals surface area (Å²) in [6, 6.07) is 6.86. The molecule has 116 valence electrons. The number of rotatable bonds is 9. The zero-order valence-corrected chi connectivity index (χ0v) is 12.2. The van der Waals surface area contributed by atoms with Crippen LogP contribution in [0.3, 0.4) is 0 Å². The summed E-state index contributed by atoms with van der Waals surface area (Å²) in [6.07, 6.45) is 0. The van der Waals surface area contributed by atoms with Crippen LogP contribution in [0.2, 0.25) is 0 Å². The van der Waals surface area contributed by atoms with E-state index < -0.39 is 0 Å². The van der Waals surface area contributed by atoms with Crippen LogP contribution in [0.1, 0.15) is 0 Å². The summed E-state index contributed by atoms with van der Waals surface area (Å²) >= 11 is 0. The van der Waals surface area contributed by atoms with E-state index in [0.717, 1.165) is 0 Å². The Morgan fingerprint density at radius 2 is 1.67 bits per heavy atom. The fourth-order valence-electron chi connectivity index (χ4n) is 1.41. The Hall–Kier alpha value is -2.28. The van der Waals surface area contributed by atoms with Gasteiger partial charge in [-0.05, 0) is 24.3 Å². The molecule has 0 heterocycles. The second-order valence-electron chi connectivity index (χ2n) is 4.08. The van der Waals surface area contributed by atoms with Gasteiger partial charge < -0.3 is 24.8 Å². The van der Waals surface area contributed by atoms with Crippen LogP contribution < -0.4 is 20.1 Å². The Morgan fingerprint density at radius 3 is 2.29 bits per heavy atom. The third kappa shape index (κ3) is 7.17. The van der Waals surface area contributed by atoms with Crippen LogP contribution in [-0.4, -0.2) is 52.3 Å². The Morgan fingerprint density at radius 1 is 1.00 bits per heavy atom. The van der Waals surface area contributed by atoms with Crippen molar-refractivity contribution in [1.82, 2.24) is 10.6 Å². The van der Waals surface area contributed by atoms with E-state index in [9.17, 15) is 9.59 Å². The lowest BCUT2D eigenvalue weighted by Crippen LogP contribution is -2.39. The molecule has 0 unspecified atom stereocenters. The highest BCUT2D eigenvalue weighted by Gasteiger charge is 2.06. The van der Waals surface area contributed by atoms with E-state index in [0.29, 0.717) is 24.7 Å². The summed E-state index contributed by atoms with van der Waals surface area (Å²) in [5.74, 6) is 0.618. The van der Waals surface area contributed by atoms with Crippen molar-refractivity contribution < 1.29 is 23.8 Å². The minimum Gasteiger partial charge on any atom is -0.497 e. The van der Waals surface area contributed by atoms with Gasteiger partial charge >= 0.3 is 0 Å². The molecule has 1 aromatic rings. The maximum atomic E-state index is 11.5. The smallest absolute Gasteiger partial charge is 0.258 e. The topological polar surface area (TPSA) is 85.9 Å². The van der Waals surface area contributed by atoms with Crippen LogP contribution in [0.5, 0.6) is 11.5 Å². The fraction of sp³-hybridized carbons (Fsp3) is 0.429.